The molecule has 0 radical (unpaired) electrons. The van der Waals surface area contributed by atoms with Gasteiger partial charge in [0, 0.05) is 5.75 Å². The van der Waals surface area contributed by atoms with Gasteiger partial charge in [0.25, 0.3) is 0 Å². The average Bonchev–Trinajstić information content (AvgIpc) is 2.70. The number of β-lactam (4-membered cyclic amide) rings is 1. The van der Waals surface area contributed by atoms with E-state index in [4.69, 9.17) is 10.8 Å². The van der Waals surface area contributed by atoms with E-state index in [1.54, 1.807) is 0 Å². The summed E-state index contributed by atoms with van der Waals surface area (Å²) in [5.41, 5.74) is 3.96. The number of hydrogen-bond acceptors (Lipinski definition) is 7. The molecule has 0 bridgehead atoms. The molecule has 0 aromatic heterocycles. The molecule has 0 aliphatic carbocycles. The maximum Gasteiger partial charge on any atom is 0.354 e. The summed E-state index contributed by atoms with van der Waals surface area (Å²) in [7, 11) is 0. The maximum atomic E-state index is 12.0. The van der Waals surface area contributed by atoms with Crippen LogP contribution in [0.1, 0.15) is 13.8 Å². The summed E-state index contributed by atoms with van der Waals surface area (Å²) in [6.45, 7) is 2.81. The molecule has 2 aliphatic rings. The SMILES string of the molecule is CC(O)[C@H]1C(=O)N2C(C(=O)O)=C(SC[C@](C)(N)C(=O)O)S[C@H]12. The zero-order chi connectivity index (χ0) is 16.8. The third-order valence-electron chi connectivity index (χ3n) is 3.46. The molecule has 2 aliphatic heterocycles. The summed E-state index contributed by atoms with van der Waals surface area (Å²) in [5, 5.41) is 27.4. The summed E-state index contributed by atoms with van der Waals surface area (Å²) in [6.07, 6.45) is -0.876. The quantitative estimate of drug-likeness (QED) is 0.475. The first kappa shape index (κ1) is 17.1. The van der Waals surface area contributed by atoms with Crippen molar-refractivity contribution in [2.75, 3.05) is 5.75 Å². The lowest BCUT2D eigenvalue weighted by Gasteiger charge is -2.43. The van der Waals surface area contributed by atoms with Gasteiger partial charge in [0.05, 0.1) is 16.3 Å². The van der Waals surface area contributed by atoms with Gasteiger partial charge in [-0.05, 0) is 13.8 Å². The van der Waals surface area contributed by atoms with E-state index >= 15 is 0 Å². The minimum Gasteiger partial charge on any atom is -0.480 e. The number of amides is 1. The molecule has 1 fully saturated rings. The van der Waals surface area contributed by atoms with Crippen LogP contribution in [0.15, 0.2) is 9.93 Å². The summed E-state index contributed by atoms with van der Waals surface area (Å²) in [4.78, 5) is 35.5. The zero-order valence-corrected chi connectivity index (χ0v) is 13.5. The van der Waals surface area contributed by atoms with Gasteiger partial charge in [-0.2, -0.15) is 0 Å². The van der Waals surface area contributed by atoms with Crippen LogP contribution in [-0.2, 0) is 14.4 Å². The van der Waals surface area contributed by atoms with E-state index in [0.717, 1.165) is 28.4 Å². The van der Waals surface area contributed by atoms with Crippen molar-refractivity contribution in [3.63, 3.8) is 0 Å². The Morgan fingerprint density at radius 1 is 1.50 bits per heavy atom. The first-order valence-electron chi connectivity index (χ1n) is 6.38. The zero-order valence-electron chi connectivity index (χ0n) is 11.8. The number of carbonyl (C=O) groups is 3. The Morgan fingerprint density at radius 2 is 2.09 bits per heavy atom. The highest BCUT2D eigenvalue weighted by atomic mass is 32.2. The van der Waals surface area contributed by atoms with Crippen molar-refractivity contribution in [3.8, 4) is 0 Å². The number of carboxylic acid groups (broad SMARTS) is 2. The molecule has 0 aromatic carbocycles. The van der Waals surface area contributed by atoms with Crippen molar-refractivity contribution in [1.82, 2.24) is 4.90 Å². The van der Waals surface area contributed by atoms with E-state index in [2.05, 4.69) is 0 Å². The molecular formula is C12H16N2O6S2. The molecule has 1 amide bonds. The Kier molecular flexibility index (Phi) is 4.49. The van der Waals surface area contributed by atoms with Gasteiger partial charge in [-0.25, -0.2) is 4.79 Å². The smallest absolute Gasteiger partial charge is 0.354 e. The van der Waals surface area contributed by atoms with Gasteiger partial charge in [-0.15, -0.1) is 11.8 Å². The molecule has 2 rings (SSSR count). The third kappa shape index (κ3) is 2.71. The van der Waals surface area contributed by atoms with Gasteiger partial charge in [-0.1, -0.05) is 11.8 Å². The highest BCUT2D eigenvalue weighted by Gasteiger charge is 2.57. The van der Waals surface area contributed by atoms with Gasteiger partial charge >= 0.3 is 11.9 Å². The minimum atomic E-state index is -1.51. The number of aliphatic carboxylic acids is 2. The van der Waals surface area contributed by atoms with E-state index in [1.165, 1.54) is 13.8 Å². The van der Waals surface area contributed by atoms with Crippen LogP contribution in [0.4, 0.5) is 0 Å². The largest absolute Gasteiger partial charge is 0.480 e. The molecular weight excluding hydrogens is 332 g/mol. The van der Waals surface area contributed by atoms with Crippen LogP contribution in [0.25, 0.3) is 0 Å². The molecule has 4 atom stereocenters. The number of nitrogens with two attached hydrogens (primary N) is 1. The lowest BCUT2D eigenvalue weighted by Crippen LogP contribution is -2.60. The van der Waals surface area contributed by atoms with Crippen molar-refractivity contribution in [1.29, 1.82) is 0 Å². The second-order valence-corrected chi connectivity index (χ2v) is 7.81. The van der Waals surface area contributed by atoms with Crippen molar-refractivity contribution < 1.29 is 29.7 Å². The van der Waals surface area contributed by atoms with Crippen LogP contribution >= 0.6 is 23.5 Å². The number of aliphatic hydroxyl groups is 1. The molecule has 1 unspecified atom stereocenters. The molecule has 2 heterocycles. The number of hydrogen-bond donors (Lipinski definition) is 4. The Balaban J connectivity index is 2.19. The van der Waals surface area contributed by atoms with Crippen LogP contribution in [0, 0.1) is 5.92 Å². The van der Waals surface area contributed by atoms with Crippen molar-refractivity contribution in [2.24, 2.45) is 11.7 Å². The van der Waals surface area contributed by atoms with E-state index in [1.807, 2.05) is 0 Å². The van der Waals surface area contributed by atoms with Gasteiger partial charge < -0.3 is 21.1 Å². The highest BCUT2D eigenvalue weighted by Crippen LogP contribution is 2.53. The Hall–Kier alpha value is -1.23. The fourth-order valence-corrected chi connectivity index (χ4v) is 5.07. The third-order valence-corrected chi connectivity index (χ3v) is 6.46. The standard InChI is InChI=1S/C12H16N2O6S2/c1-4(15)5-7(16)14-6(9(17)18)10(22-8(5)14)21-3-12(2,13)11(19)20/h4-5,8,15H,3,13H2,1-2H3,(H,17,18)(H,19,20)/t4?,5-,8+,12-/m0/s1. The molecule has 122 valence electrons. The van der Waals surface area contributed by atoms with Crippen LogP contribution in [0.2, 0.25) is 0 Å². The molecule has 22 heavy (non-hydrogen) atoms. The van der Waals surface area contributed by atoms with E-state index in [9.17, 15) is 24.6 Å². The first-order valence-corrected chi connectivity index (χ1v) is 8.25. The molecule has 1 saturated heterocycles. The normalized spacial score (nSPS) is 28.0. The van der Waals surface area contributed by atoms with Crippen molar-refractivity contribution in [3.05, 3.63) is 9.93 Å². The summed E-state index contributed by atoms with van der Waals surface area (Å²) < 4.78 is 0.340. The molecule has 0 spiro atoms. The van der Waals surface area contributed by atoms with Gasteiger partial charge in [0.1, 0.15) is 10.9 Å². The Labute approximate surface area is 134 Å². The average molecular weight is 348 g/mol. The number of rotatable bonds is 6. The fraction of sp³-hybridized carbons (Fsp3) is 0.583. The van der Waals surface area contributed by atoms with Crippen LogP contribution in [0.5, 0.6) is 0 Å². The maximum absolute atomic E-state index is 12.0. The Bertz CT molecular complexity index is 574. The lowest BCUT2D eigenvalue weighted by atomic mass is 9.92. The van der Waals surface area contributed by atoms with Crippen LogP contribution < -0.4 is 5.73 Å². The predicted octanol–water partition coefficient (Wildman–Crippen LogP) is -0.313. The Morgan fingerprint density at radius 3 is 2.55 bits per heavy atom. The topological polar surface area (TPSA) is 141 Å². The first-order chi connectivity index (χ1) is 10.1. The molecule has 0 saturated carbocycles. The second kappa shape index (κ2) is 5.76. The van der Waals surface area contributed by atoms with Crippen LogP contribution in [0.3, 0.4) is 0 Å². The number of aliphatic hydroxyl groups excluding tert-OH is 1. The summed E-state index contributed by atoms with van der Waals surface area (Å²) in [6, 6.07) is 0. The van der Waals surface area contributed by atoms with Crippen LogP contribution in [-0.4, -0.2) is 60.8 Å². The van der Waals surface area contributed by atoms with Crippen molar-refractivity contribution >= 4 is 41.4 Å². The predicted molar refractivity (Wildman–Crippen MR) is 80.7 cm³/mol. The monoisotopic (exact) mass is 348 g/mol. The summed E-state index contributed by atoms with van der Waals surface area (Å²) in [5.74, 6) is -3.57. The number of nitrogens with zero attached hydrogens (tertiary/aromatic N) is 1. The fourth-order valence-electron chi connectivity index (χ4n) is 2.13. The van der Waals surface area contributed by atoms with E-state index in [-0.39, 0.29) is 11.4 Å². The van der Waals surface area contributed by atoms with Gasteiger partial charge in [0.15, 0.2) is 5.70 Å². The number of thioether (sulfide) groups is 2. The molecule has 5 N–H and O–H groups in total. The molecule has 0 aromatic rings. The number of fused-ring (bicyclic) bond motifs is 1. The lowest BCUT2D eigenvalue weighted by molar-refractivity contribution is -0.156. The molecule has 8 nitrogen and oxygen atoms in total. The van der Waals surface area contributed by atoms with E-state index < -0.39 is 40.8 Å². The van der Waals surface area contributed by atoms with Crippen molar-refractivity contribution in [2.45, 2.75) is 30.9 Å². The second-order valence-electron chi connectivity index (χ2n) is 5.44. The molecule has 10 heteroatoms. The number of carbonyl (C=O) groups excluding carboxylic acids is 1. The van der Waals surface area contributed by atoms with E-state index in [0.29, 0.717) is 4.24 Å². The summed E-state index contributed by atoms with van der Waals surface area (Å²) >= 11 is 2.15. The highest BCUT2D eigenvalue weighted by molar-refractivity contribution is 8.22. The number of carboxylic acids is 2. The minimum absolute atomic E-state index is 0.0322. The van der Waals surface area contributed by atoms with Gasteiger partial charge in [0.2, 0.25) is 5.91 Å². The van der Waals surface area contributed by atoms with Gasteiger partial charge in [-0.3, -0.25) is 14.5 Å².